The highest BCUT2D eigenvalue weighted by Gasteiger charge is 2.51. The summed E-state index contributed by atoms with van der Waals surface area (Å²) in [5, 5.41) is 7.58. The number of aromatic amines is 1. The van der Waals surface area contributed by atoms with Gasteiger partial charge in [0, 0.05) is 5.69 Å². The van der Waals surface area contributed by atoms with Crippen LogP contribution >= 0.6 is 0 Å². The van der Waals surface area contributed by atoms with Gasteiger partial charge < -0.3 is 4.98 Å². The van der Waals surface area contributed by atoms with Crippen molar-refractivity contribution in [2.45, 2.75) is 13.0 Å². The molecule has 4 aromatic rings. The standard InChI is InChI=1S/C19H13N5O4/c1-9(25)16-17(10-2-4-13-15(6-10)23-28-22-13)24(19(27)18(16)26)11-3-5-12-14(7-11)21-8-20-12/h2-8,16-17H,1H3,(H,20,21). The van der Waals surface area contributed by atoms with Crippen LogP contribution < -0.4 is 4.90 Å². The summed E-state index contributed by atoms with van der Waals surface area (Å²) in [4.78, 5) is 46.3. The van der Waals surface area contributed by atoms with Crippen LogP contribution in [-0.2, 0) is 14.4 Å². The average molecular weight is 375 g/mol. The van der Waals surface area contributed by atoms with Crippen LogP contribution in [0.25, 0.3) is 22.1 Å². The molecule has 1 fully saturated rings. The minimum absolute atomic E-state index is 0.369. The van der Waals surface area contributed by atoms with Gasteiger partial charge in [-0.1, -0.05) is 6.07 Å². The van der Waals surface area contributed by atoms with Gasteiger partial charge in [0.2, 0.25) is 5.78 Å². The van der Waals surface area contributed by atoms with Crippen molar-refractivity contribution in [3.8, 4) is 0 Å². The lowest BCUT2D eigenvalue weighted by Crippen LogP contribution is -2.30. The second-order valence-electron chi connectivity index (χ2n) is 6.69. The smallest absolute Gasteiger partial charge is 0.295 e. The SMILES string of the molecule is CC(=O)C1C(=O)C(=O)N(c2ccc3nc[nH]c3c2)C1c1ccc2nonc2c1. The van der Waals surface area contributed by atoms with E-state index in [-0.39, 0.29) is 5.78 Å². The third kappa shape index (κ3) is 2.26. The first-order valence-corrected chi connectivity index (χ1v) is 8.58. The van der Waals surface area contributed by atoms with Gasteiger partial charge in [0.25, 0.3) is 5.91 Å². The number of carbonyl (C=O) groups excluding carboxylic acids is 3. The second-order valence-corrected chi connectivity index (χ2v) is 6.69. The summed E-state index contributed by atoms with van der Waals surface area (Å²) in [5.41, 5.74) is 3.59. The average Bonchev–Trinajstić information content (AvgIpc) is 3.39. The Balaban J connectivity index is 1.70. The number of aromatic nitrogens is 4. The van der Waals surface area contributed by atoms with Crippen molar-refractivity contribution in [2.75, 3.05) is 4.90 Å². The van der Waals surface area contributed by atoms with Gasteiger partial charge in [-0.25, -0.2) is 9.61 Å². The van der Waals surface area contributed by atoms with Gasteiger partial charge in [0.15, 0.2) is 0 Å². The molecule has 0 bridgehead atoms. The summed E-state index contributed by atoms with van der Waals surface area (Å²) in [6.45, 7) is 1.32. The van der Waals surface area contributed by atoms with Crippen molar-refractivity contribution in [3.63, 3.8) is 0 Å². The summed E-state index contributed by atoms with van der Waals surface area (Å²) < 4.78 is 4.72. The molecule has 2 aromatic heterocycles. The van der Waals surface area contributed by atoms with Crippen molar-refractivity contribution in [3.05, 3.63) is 48.3 Å². The van der Waals surface area contributed by atoms with Crippen molar-refractivity contribution in [2.24, 2.45) is 5.92 Å². The molecule has 0 saturated carbocycles. The number of hydrogen-bond acceptors (Lipinski definition) is 7. The maximum absolute atomic E-state index is 12.8. The molecule has 0 aliphatic carbocycles. The third-order valence-corrected chi connectivity index (χ3v) is 5.05. The Kier molecular flexibility index (Phi) is 3.38. The number of carbonyl (C=O) groups is 3. The van der Waals surface area contributed by atoms with Gasteiger partial charge in [-0.05, 0) is 53.1 Å². The van der Waals surface area contributed by atoms with Crippen LogP contribution in [0.1, 0.15) is 18.5 Å². The molecule has 2 unspecified atom stereocenters. The maximum Gasteiger partial charge on any atom is 0.295 e. The van der Waals surface area contributed by atoms with Gasteiger partial charge in [-0.15, -0.1) is 0 Å². The van der Waals surface area contributed by atoms with Crippen LogP contribution in [0, 0.1) is 5.92 Å². The molecule has 1 aliphatic heterocycles. The third-order valence-electron chi connectivity index (χ3n) is 5.05. The van der Waals surface area contributed by atoms with E-state index >= 15 is 0 Å². The number of nitrogens with one attached hydrogen (secondary N) is 1. The van der Waals surface area contributed by atoms with Crippen LogP contribution in [-0.4, -0.2) is 37.8 Å². The number of rotatable bonds is 3. The number of amides is 1. The maximum atomic E-state index is 12.8. The number of Topliss-reactive ketones (excluding diaryl/α,β-unsaturated/α-hetero) is 2. The lowest BCUT2D eigenvalue weighted by molar-refractivity contribution is -0.138. The number of hydrogen-bond donors (Lipinski definition) is 1. The number of fused-ring (bicyclic) bond motifs is 2. The molecule has 9 heteroatoms. The van der Waals surface area contributed by atoms with Gasteiger partial charge in [0.1, 0.15) is 22.7 Å². The quantitative estimate of drug-likeness (QED) is 0.429. The predicted octanol–water partition coefficient (Wildman–Crippen LogP) is 1.96. The van der Waals surface area contributed by atoms with E-state index in [2.05, 4.69) is 20.3 Å². The highest BCUT2D eigenvalue weighted by molar-refractivity contribution is 6.48. The Morgan fingerprint density at radius 3 is 2.68 bits per heavy atom. The monoisotopic (exact) mass is 375 g/mol. The van der Waals surface area contributed by atoms with Crippen LogP contribution in [0.3, 0.4) is 0 Å². The Hall–Kier alpha value is -3.88. The molecule has 0 spiro atoms. The lowest BCUT2D eigenvalue weighted by Gasteiger charge is -2.26. The number of ketones is 2. The number of anilines is 1. The van der Waals surface area contributed by atoms with E-state index in [1.165, 1.54) is 11.8 Å². The van der Waals surface area contributed by atoms with Gasteiger partial charge in [-0.3, -0.25) is 19.3 Å². The topological polar surface area (TPSA) is 122 Å². The van der Waals surface area contributed by atoms with E-state index in [4.69, 9.17) is 4.63 Å². The highest BCUT2D eigenvalue weighted by atomic mass is 16.6. The highest BCUT2D eigenvalue weighted by Crippen LogP contribution is 2.41. The Morgan fingerprint density at radius 2 is 1.86 bits per heavy atom. The lowest BCUT2D eigenvalue weighted by atomic mass is 9.89. The van der Waals surface area contributed by atoms with E-state index in [0.717, 1.165) is 11.0 Å². The number of H-pyrrole nitrogens is 1. The van der Waals surface area contributed by atoms with E-state index in [1.54, 1.807) is 42.7 Å². The molecular weight excluding hydrogens is 362 g/mol. The molecule has 0 radical (unpaired) electrons. The van der Waals surface area contributed by atoms with E-state index in [0.29, 0.717) is 22.3 Å². The molecule has 2 aromatic carbocycles. The van der Waals surface area contributed by atoms with Crippen molar-refractivity contribution in [1.29, 1.82) is 0 Å². The summed E-state index contributed by atoms with van der Waals surface area (Å²) in [6, 6.07) is 9.50. The fourth-order valence-electron chi connectivity index (χ4n) is 3.75. The van der Waals surface area contributed by atoms with Gasteiger partial charge in [0.05, 0.1) is 23.4 Å². The fourth-order valence-corrected chi connectivity index (χ4v) is 3.75. The number of benzene rings is 2. The summed E-state index contributed by atoms with van der Waals surface area (Å²) in [5.74, 6) is -2.91. The van der Waals surface area contributed by atoms with Crippen LogP contribution in [0.15, 0.2) is 47.4 Å². The van der Waals surface area contributed by atoms with Gasteiger partial charge in [-0.2, -0.15) is 0 Å². The molecule has 9 nitrogen and oxygen atoms in total. The van der Waals surface area contributed by atoms with Crippen molar-refractivity contribution < 1.29 is 19.0 Å². The van der Waals surface area contributed by atoms with Crippen LogP contribution in [0.5, 0.6) is 0 Å². The number of nitrogens with zero attached hydrogens (tertiary/aromatic N) is 4. The first-order chi connectivity index (χ1) is 13.5. The fraction of sp³-hybridized carbons (Fsp3) is 0.158. The zero-order valence-corrected chi connectivity index (χ0v) is 14.6. The first kappa shape index (κ1) is 16.3. The Bertz CT molecular complexity index is 1270. The van der Waals surface area contributed by atoms with Crippen LogP contribution in [0.2, 0.25) is 0 Å². The zero-order chi connectivity index (χ0) is 19.4. The van der Waals surface area contributed by atoms with E-state index in [9.17, 15) is 14.4 Å². The van der Waals surface area contributed by atoms with Gasteiger partial charge >= 0.3 is 0 Å². The minimum Gasteiger partial charge on any atom is -0.345 e. The molecule has 5 rings (SSSR count). The van der Waals surface area contributed by atoms with Crippen molar-refractivity contribution >= 4 is 45.2 Å². The predicted molar refractivity (Wildman–Crippen MR) is 97.3 cm³/mol. The molecule has 3 heterocycles. The van der Waals surface area contributed by atoms with E-state index < -0.39 is 23.7 Å². The molecule has 28 heavy (non-hydrogen) atoms. The largest absolute Gasteiger partial charge is 0.345 e. The zero-order valence-electron chi connectivity index (χ0n) is 14.6. The Morgan fingerprint density at radius 1 is 1.07 bits per heavy atom. The summed E-state index contributed by atoms with van der Waals surface area (Å²) in [6.07, 6.45) is 1.55. The Labute approximate surface area is 157 Å². The second kappa shape index (κ2) is 5.81. The summed E-state index contributed by atoms with van der Waals surface area (Å²) >= 11 is 0. The van der Waals surface area contributed by atoms with E-state index in [1.807, 2.05) is 0 Å². The minimum atomic E-state index is -1.10. The molecule has 2 atom stereocenters. The molecule has 1 amide bonds. The normalized spacial score (nSPS) is 19.8. The summed E-state index contributed by atoms with van der Waals surface area (Å²) in [7, 11) is 0. The first-order valence-electron chi connectivity index (χ1n) is 8.58. The molecule has 1 saturated heterocycles. The molecule has 138 valence electrons. The molecule has 1 N–H and O–H groups in total. The molecule has 1 aliphatic rings. The van der Waals surface area contributed by atoms with Crippen LogP contribution in [0.4, 0.5) is 5.69 Å². The van der Waals surface area contributed by atoms with Crippen molar-refractivity contribution in [1.82, 2.24) is 20.3 Å². The molecular formula is C19H13N5O4. The number of imidazole rings is 1.